The van der Waals surface area contributed by atoms with Gasteiger partial charge in [-0.1, -0.05) is 23.2 Å². The van der Waals surface area contributed by atoms with Crippen LogP contribution in [0.4, 0.5) is 23.4 Å². The summed E-state index contributed by atoms with van der Waals surface area (Å²) >= 11 is 17.1. The van der Waals surface area contributed by atoms with Gasteiger partial charge in [0.1, 0.15) is 27.8 Å². The van der Waals surface area contributed by atoms with Gasteiger partial charge >= 0.3 is 0 Å². The molecule has 0 saturated heterocycles. The predicted octanol–water partition coefficient (Wildman–Crippen LogP) is 6.26. The van der Waals surface area contributed by atoms with Gasteiger partial charge in [0.2, 0.25) is 16.5 Å². The summed E-state index contributed by atoms with van der Waals surface area (Å²) in [6, 6.07) is 5.36. The quantitative estimate of drug-likeness (QED) is 0.0426. The minimum absolute atomic E-state index is 0. The lowest BCUT2D eigenvalue weighted by Gasteiger charge is -2.27. The van der Waals surface area contributed by atoms with Crippen molar-refractivity contribution < 1.29 is 0 Å². The van der Waals surface area contributed by atoms with Crippen LogP contribution in [-0.4, -0.2) is 83.0 Å². The highest BCUT2D eigenvalue weighted by Gasteiger charge is 2.21. The Labute approximate surface area is 325 Å². The van der Waals surface area contributed by atoms with Crippen molar-refractivity contribution in [3.05, 3.63) is 52.8 Å². The van der Waals surface area contributed by atoms with E-state index in [2.05, 4.69) is 76.1 Å². The molecule has 0 aliphatic heterocycles. The fraction of sp³-hybridized carbons (Fsp3) is 0.406. The molecule has 0 spiro atoms. The van der Waals surface area contributed by atoms with Crippen LogP contribution in [0.5, 0.6) is 0 Å². The number of nitrogens with two attached hydrogens (primary N) is 1. The van der Waals surface area contributed by atoms with Crippen molar-refractivity contribution >= 4 is 105 Å². The molecular weight excluding hydrogens is 761 g/mol. The first-order valence-corrected chi connectivity index (χ1v) is 18.2. The van der Waals surface area contributed by atoms with E-state index in [4.69, 9.17) is 40.5 Å². The van der Waals surface area contributed by atoms with Gasteiger partial charge in [-0.2, -0.15) is 19.9 Å². The van der Waals surface area contributed by atoms with Crippen LogP contribution in [0.25, 0.3) is 33.2 Å². The molecule has 0 atom stereocenters. The molecule has 3 aliphatic carbocycles. The smallest absolute Gasteiger partial charge is 0.232 e. The van der Waals surface area contributed by atoms with Gasteiger partial charge in [-0.15, -0.1) is 5.10 Å². The van der Waals surface area contributed by atoms with Crippen LogP contribution in [0.1, 0.15) is 57.8 Å². The van der Waals surface area contributed by atoms with E-state index in [1.165, 1.54) is 57.8 Å². The van der Waals surface area contributed by atoms with E-state index in [0.29, 0.717) is 46.3 Å². The van der Waals surface area contributed by atoms with Crippen molar-refractivity contribution in [1.82, 2.24) is 64.8 Å². The van der Waals surface area contributed by atoms with Crippen molar-refractivity contribution in [2.45, 2.75) is 75.9 Å². The second-order valence-corrected chi connectivity index (χ2v) is 13.8. The normalized spacial score (nSPS) is 15.3. The number of nitrogens with one attached hydrogen (secondary N) is 6. The molecule has 3 fully saturated rings. The number of H-pyrrole nitrogens is 3. The van der Waals surface area contributed by atoms with Crippen molar-refractivity contribution in [2.24, 2.45) is 12.8 Å². The molecule has 17 nitrogen and oxygen atoms in total. The summed E-state index contributed by atoms with van der Waals surface area (Å²) in [6.07, 6.45) is 18.2. The lowest BCUT2D eigenvalue weighted by Crippen LogP contribution is -2.27. The molecule has 0 radical (unpaired) electrons. The lowest BCUT2D eigenvalue weighted by atomic mass is 9.93. The Bertz CT molecular complexity index is 2240. The van der Waals surface area contributed by atoms with E-state index >= 15 is 0 Å². The molecule has 7 aromatic heterocycles. The van der Waals surface area contributed by atoms with E-state index < -0.39 is 0 Å². The Balaban J connectivity index is 0.000000132. The maximum atomic E-state index is 5.84. The lowest BCUT2D eigenvalue weighted by molar-refractivity contribution is 0.418. The molecule has 0 aromatic carbocycles. The van der Waals surface area contributed by atoms with Crippen molar-refractivity contribution in [1.29, 1.82) is 0 Å². The average Bonchev–Trinajstić information content (AvgIpc) is 3.89. The first kappa shape index (κ1) is 38.2. The number of aromatic amines is 3. The summed E-state index contributed by atoms with van der Waals surface area (Å²) in [4.78, 5) is 38.1. The molecule has 53 heavy (non-hydrogen) atoms. The zero-order valence-corrected chi connectivity index (χ0v) is 31.9. The molecule has 0 amide bonds. The third-order valence-corrected chi connectivity index (χ3v) is 9.53. The van der Waals surface area contributed by atoms with Crippen LogP contribution in [0.3, 0.4) is 0 Å². The van der Waals surface area contributed by atoms with E-state index in [1.54, 1.807) is 36.5 Å². The third-order valence-electron chi connectivity index (χ3n) is 8.90. The summed E-state index contributed by atoms with van der Waals surface area (Å²) in [6.45, 7) is 0. The topological polar surface area (TPSA) is 230 Å². The van der Waals surface area contributed by atoms with Gasteiger partial charge in [0.05, 0.1) is 23.3 Å². The van der Waals surface area contributed by atoms with Crippen LogP contribution < -0.4 is 21.7 Å². The highest BCUT2D eigenvalue weighted by Crippen LogP contribution is 2.28. The number of aromatic nitrogens is 13. The van der Waals surface area contributed by atoms with Gasteiger partial charge in [0, 0.05) is 37.6 Å². The average molecular weight is 800 g/mol. The summed E-state index contributed by atoms with van der Waals surface area (Å²) in [5, 5.41) is 20.3. The van der Waals surface area contributed by atoms with Crippen molar-refractivity contribution in [3.63, 3.8) is 0 Å². The molecule has 7 aromatic rings. The van der Waals surface area contributed by atoms with Crippen LogP contribution in [0.2, 0.25) is 15.7 Å². The number of thiol groups is 1. The second kappa shape index (κ2) is 17.6. The van der Waals surface area contributed by atoms with E-state index in [1.807, 2.05) is 12.3 Å². The summed E-state index contributed by atoms with van der Waals surface area (Å²) in [7, 11) is 1.81. The number of hydrogen-bond acceptors (Lipinski definition) is 14. The molecule has 8 N–H and O–H groups in total. The molecule has 0 bridgehead atoms. The Kier molecular flexibility index (Phi) is 12.7. The summed E-state index contributed by atoms with van der Waals surface area (Å²) in [5.41, 5.74) is 8.28. The Morgan fingerprint density at radius 2 is 1.36 bits per heavy atom. The molecule has 21 heteroatoms. The van der Waals surface area contributed by atoms with Gasteiger partial charge in [0.25, 0.3) is 0 Å². The fourth-order valence-electron chi connectivity index (χ4n) is 5.35. The Hall–Kier alpha value is -4.49. The van der Waals surface area contributed by atoms with Crippen LogP contribution in [0, 0.1) is 0 Å². The molecule has 7 heterocycles. The minimum atomic E-state index is 0. The highest BCUT2D eigenvalue weighted by atomic mass is 35.5. The zero-order chi connectivity index (χ0) is 36.0. The number of rotatable bonds is 6. The molecule has 3 saturated carbocycles. The zero-order valence-electron chi connectivity index (χ0n) is 28.7. The van der Waals surface area contributed by atoms with Crippen LogP contribution >= 0.6 is 34.8 Å². The Morgan fingerprint density at radius 3 is 1.94 bits per heavy atom. The predicted molar refractivity (Wildman–Crippen MR) is 212 cm³/mol. The number of nitrogens with zero attached hydrogens (tertiary/aromatic N) is 10. The highest BCUT2D eigenvalue weighted by molar-refractivity contribution is 7.37. The molecule has 280 valence electrons. The maximum Gasteiger partial charge on any atom is 0.232 e. The van der Waals surface area contributed by atoms with Gasteiger partial charge in [-0.25, -0.2) is 15.0 Å². The molecule has 3 aliphatic rings. The Morgan fingerprint density at radius 1 is 0.755 bits per heavy atom. The van der Waals surface area contributed by atoms with E-state index in [-0.39, 0.29) is 24.1 Å². The number of imidazole rings is 1. The second-order valence-electron chi connectivity index (χ2n) is 12.7. The SMILES string of the molecule is Clc1nc(Cl)c2cc[nH]c2n1.Clc1nc(NC2CCC2)c2cc[nH]c2n1.Cn1cc(Nc2nc(NC3CCC3)c3[nH]cnc3n2)nn1.NC1CCC1.[SH-]. The molecule has 0 unspecified atom stereocenters. The van der Waals surface area contributed by atoms with Gasteiger partial charge < -0.3 is 50.1 Å². The first-order chi connectivity index (χ1) is 25.3. The maximum absolute atomic E-state index is 5.84. The molecule has 10 rings (SSSR count). The largest absolute Gasteiger partial charge is 0.813 e. The fourth-order valence-corrected chi connectivity index (χ4v) is 5.96. The number of aryl methyl sites for hydroxylation is 1. The summed E-state index contributed by atoms with van der Waals surface area (Å²) < 4.78 is 1.61. The van der Waals surface area contributed by atoms with E-state index in [9.17, 15) is 0 Å². The number of hydrogen-bond donors (Lipinski definition) is 7. The van der Waals surface area contributed by atoms with E-state index in [0.717, 1.165) is 33.6 Å². The van der Waals surface area contributed by atoms with Gasteiger partial charge in [-0.05, 0) is 86.7 Å². The number of halogens is 3. The molecular formula is C32H39Cl3N17S-. The number of fused-ring (bicyclic) bond motifs is 3. The first-order valence-electron chi connectivity index (χ1n) is 17.1. The van der Waals surface area contributed by atoms with Crippen molar-refractivity contribution in [3.8, 4) is 0 Å². The number of anilines is 4. The minimum Gasteiger partial charge on any atom is -0.813 e. The third kappa shape index (κ3) is 9.74. The van der Waals surface area contributed by atoms with Crippen LogP contribution in [0.15, 0.2) is 37.1 Å². The van der Waals surface area contributed by atoms with Crippen molar-refractivity contribution in [2.75, 3.05) is 16.0 Å². The van der Waals surface area contributed by atoms with Gasteiger partial charge in [-0.3, -0.25) is 4.68 Å². The van der Waals surface area contributed by atoms with Gasteiger partial charge in [0.15, 0.2) is 17.3 Å². The van der Waals surface area contributed by atoms with Crippen LogP contribution in [-0.2, 0) is 20.5 Å². The monoisotopic (exact) mass is 798 g/mol. The summed E-state index contributed by atoms with van der Waals surface area (Å²) in [5.74, 6) is 2.67. The standard InChI is InChI=1S/C12H15N9.C10H11ClN4.C6H3Cl2N3.C4H9N.H2S/c1-21-5-8(19-20-21)16-12-17-10-9(13-6-14-10)11(18-12)15-7-3-2-4-7;11-10-14-8-7(4-5-12-8)9(15-10)13-6-2-1-3-6;7-4-3-1-2-9-5(3)11-6(8)10-4;5-4-2-1-3-4;/h5-7H,2-4H2,1H3,(H3,13,14,15,16,17,18);4-6H,1-3H2,(H2,12,13,14,15);1-2H,(H,9,10,11);4H,1-3,5H2;1H2/p-1.